The van der Waals surface area contributed by atoms with Gasteiger partial charge in [-0.3, -0.25) is 0 Å². The molecular weight excluding hydrogens is 387 g/mol. The third kappa shape index (κ3) is 4.27. The molecule has 0 bridgehead atoms. The number of rotatable bonds is 5. The van der Waals surface area contributed by atoms with Gasteiger partial charge >= 0.3 is 6.03 Å². The minimum absolute atomic E-state index is 0.0190. The number of halogens is 1. The maximum atomic E-state index is 14.4. The molecule has 2 N–H and O–H groups in total. The van der Waals surface area contributed by atoms with Crippen LogP contribution in [0.4, 0.5) is 20.6 Å². The van der Waals surface area contributed by atoms with Crippen LogP contribution in [-0.4, -0.2) is 23.3 Å². The predicted octanol–water partition coefficient (Wildman–Crippen LogP) is 5.20. The Balaban J connectivity index is 1.50. The highest BCUT2D eigenvalue weighted by atomic mass is 19.1. The zero-order valence-corrected chi connectivity index (χ0v) is 15.9. The normalized spacial score (nSPS) is 10.5. The Hall–Kier alpha value is -4.20. The summed E-state index contributed by atoms with van der Waals surface area (Å²) in [6.45, 7) is 0. The predicted molar refractivity (Wildman–Crippen MR) is 111 cm³/mol. The first kappa shape index (κ1) is 19.1. The van der Waals surface area contributed by atoms with Crippen LogP contribution in [0.25, 0.3) is 22.9 Å². The van der Waals surface area contributed by atoms with E-state index in [-0.39, 0.29) is 17.3 Å². The number of carbonyl (C=O) groups excluding carboxylic acids is 1. The number of aromatic nitrogens is 2. The molecule has 0 saturated carbocycles. The Morgan fingerprint density at radius 2 is 1.57 bits per heavy atom. The average Bonchev–Trinajstić information content (AvgIpc) is 3.26. The summed E-state index contributed by atoms with van der Waals surface area (Å²) in [5.41, 5.74) is 1.77. The molecule has 0 unspecified atom stereocenters. The molecule has 0 saturated heterocycles. The lowest BCUT2D eigenvalue weighted by molar-refractivity contribution is 0.262. The van der Waals surface area contributed by atoms with Crippen molar-refractivity contribution in [1.82, 2.24) is 10.2 Å². The number of nitrogens with one attached hydrogen (secondary N) is 2. The van der Waals surface area contributed by atoms with Gasteiger partial charge in [0.05, 0.1) is 12.7 Å². The number of anilines is 2. The van der Waals surface area contributed by atoms with Gasteiger partial charge in [-0.25, -0.2) is 9.18 Å². The van der Waals surface area contributed by atoms with E-state index in [1.54, 1.807) is 31.4 Å². The van der Waals surface area contributed by atoms with Gasteiger partial charge in [-0.05, 0) is 54.6 Å². The molecule has 0 radical (unpaired) electrons. The molecule has 1 aromatic heterocycles. The van der Waals surface area contributed by atoms with Crippen LogP contribution in [0.2, 0.25) is 0 Å². The Bertz CT molecular complexity index is 1160. The fourth-order valence-corrected chi connectivity index (χ4v) is 2.76. The summed E-state index contributed by atoms with van der Waals surface area (Å²) in [6.07, 6.45) is 0. The summed E-state index contributed by atoms with van der Waals surface area (Å²) in [5.74, 6) is 0.434. The molecule has 8 heteroatoms. The number of benzene rings is 3. The van der Waals surface area contributed by atoms with Crippen LogP contribution in [0.5, 0.6) is 5.75 Å². The van der Waals surface area contributed by atoms with E-state index in [4.69, 9.17) is 9.15 Å². The third-order valence-corrected chi connectivity index (χ3v) is 4.25. The van der Waals surface area contributed by atoms with E-state index in [9.17, 15) is 9.18 Å². The molecule has 4 rings (SSSR count). The summed E-state index contributed by atoms with van der Waals surface area (Å²) in [7, 11) is 1.56. The first-order valence-electron chi connectivity index (χ1n) is 9.03. The molecule has 1 heterocycles. The monoisotopic (exact) mass is 404 g/mol. The maximum Gasteiger partial charge on any atom is 0.323 e. The zero-order valence-electron chi connectivity index (χ0n) is 15.9. The van der Waals surface area contributed by atoms with E-state index in [0.29, 0.717) is 17.1 Å². The number of nitrogens with zero attached hydrogens (tertiary/aromatic N) is 2. The first-order chi connectivity index (χ1) is 14.6. The Kier molecular flexibility index (Phi) is 5.38. The molecule has 3 aromatic carbocycles. The molecule has 0 aliphatic rings. The molecule has 0 aliphatic carbocycles. The average molecular weight is 404 g/mol. The van der Waals surface area contributed by atoms with Gasteiger partial charge in [0.2, 0.25) is 5.89 Å². The van der Waals surface area contributed by atoms with E-state index >= 15 is 0 Å². The zero-order chi connectivity index (χ0) is 20.9. The highest BCUT2D eigenvalue weighted by molar-refractivity contribution is 6.00. The minimum Gasteiger partial charge on any atom is -0.497 e. The fraction of sp³-hybridized carbons (Fsp3) is 0.0455. The minimum atomic E-state index is -0.542. The van der Waals surface area contributed by atoms with Crippen LogP contribution in [0.1, 0.15) is 0 Å². The van der Waals surface area contributed by atoms with Gasteiger partial charge in [-0.1, -0.05) is 18.2 Å². The van der Waals surface area contributed by atoms with Crippen molar-refractivity contribution in [3.63, 3.8) is 0 Å². The molecule has 7 nitrogen and oxygen atoms in total. The summed E-state index contributed by atoms with van der Waals surface area (Å²) in [6, 6.07) is 19.7. The van der Waals surface area contributed by atoms with Crippen LogP contribution in [0.3, 0.4) is 0 Å². The van der Waals surface area contributed by atoms with Gasteiger partial charge in [0, 0.05) is 16.9 Å². The van der Waals surface area contributed by atoms with Gasteiger partial charge in [0.1, 0.15) is 11.6 Å². The van der Waals surface area contributed by atoms with E-state index in [1.807, 2.05) is 30.3 Å². The fourth-order valence-electron chi connectivity index (χ4n) is 2.76. The van der Waals surface area contributed by atoms with Crippen LogP contribution < -0.4 is 15.4 Å². The lowest BCUT2D eigenvalue weighted by atomic mass is 10.2. The number of methoxy groups -OCH3 is 1. The number of amides is 2. The topological polar surface area (TPSA) is 89.3 Å². The molecule has 4 aromatic rings. The van der Waals surface area contributed by atoms with Gasteiger partial charge < -0.3 is 19.8 Å². The molecule has 2 amide bonds. The van der Waals surface area contributed by atoms with Gasteiger partial charge in [-0.2, -0.15) is 0 Å². The number of hydrogen-bond donors (Lipinski definition) is 2. The SMILES string of the molecule is COc1ccc(NC(=O)Nc2ccc(F)c(-c3nnc(-c4ccccc4)o3)c2)cc1. The molecule has 0 fully saturated rings. The van der Waals surface area contributed by atoms with Gasteiger partial charge in [-0.15, -0.1) is 10.2 Å². The van der Waals surface area contributed by atoms with Crippen molar-refractivity contribution in [2.24, 2.45) is 0 Å². The molecule has 0 atom stereocenters. The number of hydrogen-bond acceptors (Lipinski definition) is 5. The lowest BCUT2D eigenvalue weighted by Crippen LogP contribution is -2.19. The van der Waals surface area contributed by atoms with Crippen molar-refractivity contribution >= 4 is 17.4 Å². The van der Waals surface area contributed by atoms with Gasteiger partial charge in [0.25, 0.3) is 5.89 Å². The van der Waals surface area contributed by atoms with E-state index in [1.165, 1.54) is 18.2 Å². The first-order valence-corrected chi connectivity index (χ1v) is 9.03. The van der Waals surface area contributed by atoms with Crippen LogP contribution in [0, 0.1) is 5.82 Å². The Labute approximate surface area is 171 Å². The summed E-state index contributed by atoms with van der Waals surface area (Å²) < 4.78 is 25.0. The van der Waals surface area contributed by atoms with Crippen LogP contribution in [-0.2, 0) is 0 Å². The Morgan fingerprint density at radius 1 is 0.900 bits per heavy atom. The highest BCUT2D eigenvalue weighted by Crippen LogP contribution is 2.28. The highest BCUT2D eigenvalue weighted by Gasteiger charge is 2.15. The quantitative estimate of drug-likeness (QED) is 0.477. The summed E-state index contributed by atoms with van der Waals surface area (Å²) >= 11 is 0. The summed E-state index contributed by atoms with van der Waals surface area (Å²) in [4.78, 5) is 12.3. The van der Waals surface area contributed by atoms with E-state index in [0.717, 1.165) is 5.56 Å². The van der Waals surface area contributed by atoms with E-state index < -0.39 is 11.8 Å². The van der Waals surface area contributed by atoms with Crippen molar-refractivity contribution in [1.29, 1.82) is 0 Å². The van der Waals surface area contributed by atoms with E-state index in [2.05, 4.69) is 20.8 Å². The van der Waals surface area contributed by atoms with Crippen molar-refractivity contribution < 1.29 is 18.3 Å². The number of carbonyl (C=O) groups is 1. The second kappa shape index (κ2) is 8.44. The lowest BCUT2D eigenvalue weighted by Gasteiger charge is -2.09. The van der Waals surface area contributed by atoms with Crippen molar-refractivity contribution in [3.05, 3.63) is 78.6 Å². The molecule has 0 spiro atoms. The van der Waals surface area contributed by atoms with Crippen LogP contribution in [0.15, 0.2) is 77.2 Å². The maximum absolute atomic E-state index is 14.4. The second-order valence-electron chi connectivity index (χ2n) is 6.28. The molecule has 0 aliphatic heterocycles. The number of ether oxygens (including phenoxy) is 1. The largest absolute Gasteiger partial charge is 0.497 e. The van der Waals surface area contributed by atoms with Crippen molar-refractivity contribution in [2.45, 2.75) is 0 Å². The van der Waals surface area contributed by atoms with Gasteiger partial charge in [0.15, 0.2) is 0 Å². The third-order valence-electron chi connectivity index (χ3n) is 4.25. The standard InChI is InChI=1S/C22H17FN4O3/c1-29-17-10-7-15(8-11-17)24-22(28)25-16-9-12-19(23)18(13-16)21-27-26-20(30-21)14-5-3-2-4-6-14/h2-13H,1H3,(H2,24,25,28). The smallest absolute Gasteiger partial charge is 0.323 e. The Morgan fingerprint density at radius 3 is 2.30 bits per heavy atom. The molecule has 30 heavy (non-hydrogen) atoms. The molecular formula is C22H17FN4O3. The summed E-state index contributed by atoms with van der Waals surface area (Å²) in [5, 5.41) is 13.2. The molecule has 150 valence electrons. The van der Waals surface area contributed by atoms with Crippen molar-refractivity contribution in [2.75, 3.05) is 17.7 Å². The number of urea groups is 1. The van der Waals surface area contributed by atoms with Crippen LogP contribution >= 0.6 is 0 Å². The second-order valence-corrected chi connectivity index (χ2v) is 6.28. The van der Waals surface area contributed by atoms with Crippen molar-refractivity contribution in [3.8, 4) is 28.7 Å².